The van der Waals surface area contributed by atoms with E-state index in [1.165, 1.54) is 17.1 Å². The van der Waals surface area contributed by atoms with Gasteiger partial charge in [-0.3, -0.25) is 19.6 Å². The third-order valence-electron chi connectivity index (χ3n) is 6.14. The van der Waals surface area contributed by atoms with Gasteiger partial charge in [0.15, 0.2) is 22.5 Å². The number of benzene rings is 1. The van der Waals surface area contributed by atoms with Crippen LogP contribution in [0.5, 0.6) is 0 Å². The van der Waals surface area contributed by atoms with E-state index in [2.05, 4.69) is 0 Å². The number of carbonyl (C=O) groups excluding carboxylic acids is 1. The van der Waals surface area contributed by atoms with Crippen molar-refractivity contribution in [3.8, 4) is 0 Å². The molecule has 0 radical (unpaired) electrons. The Hall–Kier alpha value is -2.75. The smallest absolute Gasteiger partial charge is 0.408 e. The number of halogens is 1. The van der Waals surface area contributed by atoms with Gasteiger partial charge in [-0.15, -0.1) is 0 Å². The number of carbonyl (C=O) groups is 1. The van der Waals surface area contributed by atoms with E-state index in [0.29, 0.717) is 13.2 Å². The van der Waals surface area contributed by atoms with Crippen molar-refractivity contribution in [1.29, 1.82) is 0 Å². The number of hydrogen-bond acceptors (Lipinski definition) is 9. The van der Waals surface area contributed by atoms with Crippen LogP contribution in [0, 0.1) is 10.1 Å². The third kappa shape index (κ3) is 4.12. The summed E-state index contributed by atoms with van der Waals surface area (Å²) in [5.74, 6) is -2.06. The summed E-state index contributed by atoms with van der Waals surface area (Å²) in [6.45, 7) is 0.128. The summed E-state index contributed by atoms with van der Waals surface area (Å²) in [6, 6.07) is 2.51. The zero-order valence-electron chi connectivity index (χ0n) is 17.9. The fourth-order valence-corrected chi connectivity index (χ4v) is 5.22. The Bertz CT molecular complexity index is 1180. The van der Waals surface area contributed by atoms with E-state index in [-0.39, 0.29) is 31.8 Å². The molecular weight excluding hydrogens is 477 g/mol. The van der Waals surface area contributed by atoms with Crippen molar-refractivity contribution in [2.75, 3.05) is 39.5 Å². The van der Waals surface area contributed by atoms with Crippen molar-refractivity contribution in [3.63, 3.8) is 0 Å². The number of hydrogen-bond donors (Lipinski definition) is 2. The van der Waals surface area contributed by atoms with Crippen LogP contribution >= 0.6 is 0 Å². The van der Waals surface area contributed by atoms with Crippen LogP contribution in [0.25, 0.3) is 0 Å². The number of nitrogens with zero attached hydrogens (tertiary/aromatic N) is 3. The van der Waals surface area contributed by atoms with Gasteiger partial charge >= 0.3 is 16.2 Å². The van der Waals surface area contributed by atoms with E-state index < -0.39 is 60.4 Å². The second-order valence-electron chi connectivity index (χ2n) is 8.16. The van der Waals surface area contributed by atoms with Crippen LogP contribution in [0.3, 0.4) is 0 Å². The number of alkyl halides is 1. The number of amides is 1. The number of nitro benzene ring substituents is 1. The Morgan fingerprint density at radius 2 is 2.03 bits per heavy atom. The Morgan fingerprint density at radius 3 is 2.62 bits per heavy atom. The number of aliphatic hydroxyl groups is 1. The molecule has 14 heteroatoms. The molecule has 1 aromatic rings. The molecule has 2 aliphatic heterocycles. The zero-order valence-corrected chi connectivity index (χ0v) is 18.7. The van der Waals surface area contributed by atoms with E-state index in [1.807, 2.05) is 0 Å². The van der Waals surface area contributed by atoms with E-state index in [0.717, 1.165) is 24.3 Å². The van der Waals surface area contributed by atoms with Crippen molar-refractivity contribution in [2.24, 2.45) is 0 Å². The topological polar surface area (TPSA) is 157 Å². The minimum absolute atomic E-state index is 0.0495. The first-order chi connectivity index (χ1) is 16.0. The van der Waals surface area contributed by atoms with Crippen LogP contribution in [0.1, 0.15) is 6.42 Å². The molecule has 2 fully saturated rings. The molecule has 3 atom stereocenters. The van der Waals surface area contributed by atoms with Crippen LogP contribution < -0.4 is 4.48 Å². The van der Waals surface area contributed by atoms with Gasteiger partial charge in [0, 0.05) is 31.7 Å². The fourth-order valence-electron chi connectivity index (χ4n) is 4.50. The maximum absolute atomic E-state index is 16.2. The quantitative estimate of drug-likeness (QED) is 0.193. The van der Waals surface area contributed by atoms with Crippen LogP contribution in [-0.2, 0) is 19.6 Å². The van der Waals surface area contributed by atoms with Gasteiger partial charge in [0.05, 0.1) is 30.8 Å². The van der Waals surface area contributed by atoms with Gasteiger partial charge in [0.1, 0.15) is 12.2 Å². The zero-order chi connectivity index (χ0) is 24.7. The Morgan fingerprint density at radius 1 is 1.32 bits per heavy atom. The Kier molecular flexibility index (Phi) is 6.30. The number of allylic oxidation sites excluding steroid dienone is 1. The van der Waals surface area contributed by atoms with Crippen LogP contribution in [0.4, 0.5) is 20.6 Å². The fraction of sp³-hybridized carbons (Fsp3) is 0.450. The molecule has 2 N–H and O–H groups in total. The van der Waals surface area contributed by atoms with Crippen molar-refractivity contribution < 1.29 is 41.7 Å². The highest BCUT2D eigenvalue weighted by atomic mass is 32.2. The van der Waals surface area contributed by atoms with Gasteiger partial charge in [0.2, 0.25) is 0 Å². The molecule has 1 aromatic carbocycles. The summed E-state index contributed by atoms with van der Waals surface area (Å²) in [5.41, 5.74) is -1.09. The largest absolute Gasteiger partial charge is 0.527 e. The Labute approximate surface area is 194 Å². The molecule has 1 aliphatic carbocycles. The first kappa shape index (κ1) is 24.4. The van der Waals surface area contributed by atoms with Gasteiger partial charge in [-0.2, -0.15) is 17.7 Å². The highest BCUT2D eigenvalue weighted by Gasteiger charge is 2.57. The second kappa shape index (κ2) is 8.79. The standard InChI is InChI=1S/C20H22FN3O9S/c21-20(22-6-8-32-9-7-22)5-1-2-15(11-20)24(12-16(13-25)33-19(24)26)17-10-14(23(27)28)3-4-18(17)34(29,30)31/h1-4,10-11,16,25H,5-9,12-13H2/p+1/t16-,20?,24?/m1/s1. The highest BCUT2D eigenvalue weighted by Crippen LogP contribution is 2.44. The third-order valence-corrected chi connectivity index (χ3v) is 7.04. The normalized spacial score (nSPS) is 30.1. The molecule has 12 nitrogen and oxygen atoms in total. The lowest BCUT2D eigenvalue weighted by molar-refractivity contribution is -0.384. The van der Waals surface area contributed by atoms with Gasteiger partial charge in [-0.25, -0.2) is 4.39 Å². The highest BCUT2D eigenvalue weighted by molar-refractivity contribution is 7.86. The number of ether oxygens (including phenoxy) is 2. The van der Waals surface area contributed by atoms with Gasteiger partial charge in [-0.05, 0) is 12.1 Å². The second-order valence-corrected chi connectivity index (χ2v) is 9.55. The number of nitro groups is 1. The van der Waals surface area contributed by atoms with Crippen molar-refractivity contribution in [2.45, 2.75) is 23.2 Å². The summed E-state index contributed by atoms with van der Waals surface area (Å²) in [7, 11) is -4.97. The molecule has 2 unspecified atom stereocenters. The maximum Gasteiger partial charge on any atom is 0.527 e. The number of aliphatic hydroxyl groups excluding tert-OH is 1. The minimum Gasteiger partial charge on any atom is -0.408 e. The van der Waals surface area contributed by atoms with E-state index >= 15 is 4.39 Å². The van der Waals surface area contributed by atoms with Crippen LogP contribution in [0.15, 0.2) is 47.0 Å². The first-order valence-electron chi connectivity index (χ1n) is 10.4. The average Bonchev–Trinajstić information content (AvgIpc) is 3.16. The predicted molar refractivity (Wildman–Crippen MR) is 115 cm³/mol. The van der Waals surface area contributed by atoms with Crippen molar-refractivity contribution >= 4 is 27.6 Å². The lowest BCUT2D eigenvalue weighted by Gasteiger charge is -2.40. The summed E-state index contributed by atoms with van der Waals surface area (Å²) in [5, 5.41) is 21.1. The van der Waals surface area contributed by atoms with E-state index in [9.17, 15) is 33.0 Å². The first-order valence-corrected chi connectivity index (χ1v) is 11.8. The predicted octanol–water partition coefficient (Wildman–Crippen LogP) is 1.50. The summed E-state index contributed by atoms with van der Waals surface area (Å²) < 4.78 is 59.8. The molecule has 2 heterocycles. The molecule has 3 aliphatic rings. The van der Waals surface area contributed by atoms with Crippen molar-refractivity contribution in [1.82, 2.24) is 9.38 Å². The number of quaternary nitrogens is 1. The van der Waals surface area contributed by atoms with E-state index in [1.54, 1.807) is 0 Å². The molecule has 34 heavy (non-hydrogen) atoms. The van der Waals surface area contributed by atoms with Crippen molar-refractivity contribution in [3.05, 3.63) is 52.2 Å². The number of cyclic esters (lactones) is 1. The molecule has 0 spiro atoms. The molecule has 184 valence electrons. The average molecular weight is 500 g/mol. The summed E-state index contributed by atoms with van der Waals surface area (Å²) in [4.78, 5) is 24.7. The van der Waals surface area contributed by atoms with Crippen LogP contribution in [0.2, 0.25) is 0 Å². The number of non-ortho nitro benzene ring substituents is 1. The van der Waals surface area contributed by atoms with Gasteiger partial charge < -0.3 is 14.6 Å². The monoisotopic (exact) mass is 500 g/mol. The lowest BCUT2D eigenvalue weighted by Crippen LogP contribution is -2.54. The number of morpholine rings is 1. The number of rotatable bonds is 6. The molecule has 2 saturated heterocycles. The van der Waals surface area contributed by atoms with Crippen LogP contribution in [-0.4, -0.2) is 85.3 Å². The molecule has 4 rings (SSSR count). The minimum atomic E-state index is -4.97. The molecule has 0 bridgehead atoms. The molecule has 0 aromatic heterocycles. The molecule has 0 saturated carbocycles. The van der Waals surface area contributed by atoms with Gasteiger partial charge in [0.25, 0.3) is 5.69 Å². The molecular formula is C20H23FN3O9S+. The SMILES string of the molecule is O=C1O[C@@H](CO)C[N+]1(C1=CC(F)(N2CCOCC2)CC=C1)c1cc([N+](=O)[O-])ccc1S(=O)(=O)O. The maximum atomic E-state index is 16.2. The summed E-state index contributed by atoms with van der Waals surface area (Å²) >= 11 is 0. The van der Waals surface area contributed by atoms with Gasteiger partial charge in [-0.1, -0.05) is 6.08 Å². The molecule has 1 amide bonds. The van der Waals surface area contributed by atoms with E-state index in [4.69, 9.17) is 9.47 Å². The lowest BCUT2D eigenvalue weighted by atomic mass is 9.99. The Balaban J connectivity index is 1.97. The summed E-state index contributed by atoms with van der Waals surface area (Å²) in [6.07, 6.45) is 1.79.